The molecule has 1 fully saturated rings. The zero-order valence-corrected chi connectivity index (χ0v) is 19.8. The van der Waals surface area contributed by atoms with Crippen LogP contribution in [0.15, 0.2) is 41.5 Å². The van der Waals surface area contributed by atoms with Gasteiger partial charge in [0.2, 0.25) is 0 Å². The zero-order chi connectivity index (χ0) is 21.8. The monoisotopic (exact) mass is 572 g/mol. The minimum Gasteiger partial charge on any atom is -0.354 e. The predicted molar refractivity (Wildman–Crippen MR) is 122 cm³/mol. The summed E-state index contributed by atoms with van der Waals surface area (Å²) in [6, 6.07) is 9.55. The maximum atomic E-state index is 12.7. The summed E-state index contributed by atoms with van der Waals surface area (Å²) in [4.78, 5) is 11.6. The van der Waals surface area contributed by atoms with Crippen LogP contribution in [0.25, 0.3) is 11.3 Å². The first-order chi connectivity index (χ1) is 14.2. The van der Waals surface area contributed by atoms with Gasteiger partial charge in [0.25, 0.3) is 0 Å². The number of imidazole rings is 1. The number of alkyl halides is 3. The highest BCUT2D eigenvalue weighted by Crippen LogP contribution is 2.28. The van der Waals surface area contributed by atoms with E-state index >= 15 is 0 Å². The Morgan fingerprint density at radius 2 is 1.90 bits per heavy atom. The average Bonchev–Trinajstić information content (AvgIpc) is 3.20. The molecule has 0 unspecified atom stereocenters. The predicted octanol–water partition coefficient (Wildman–Crippen LogP) is 2.67. The van der Waals surface area contributed by atoms with Crippen LogP contribution in [0.5, 0.6) is 0 Å². The number of benzene rings is 1. The molecule has 1 aliphatic heterocycles. The van der Waals surface area contributed by atoms with Crippen molar-refractivity contribution in [1.29, 1.82) is 0 Å². The third-order valence-electron chi connectivity index (χ3n) is 4.79. The fourth-order valence-electron chi connectivity index (χ4n) is 3.16. The highest BCUT2D eigenvalue weighted by Gasteiger charge is 2.50. The van der Waals surface area contributed by atoms with Crippen molar-refractivity contribution in [3.8, 4) is 11.3 Å². The van der Waals surface area contributed by atoms with E-state index in [0.717, 1.165) is 11.3 Å². The average molecular weight is 572 g/mol. The Kier molecular flexibility index (Phi) is 8.71. The van der Waals surface area contributed by atoms with E-state index in [1.54, 1.807) is 13.2 Å². The molecule has 3 rings (SSSR count). The van der Waals surface area contributed by atoms with Crippen molar-refractivity contribution in [2.75, 3.05) is 20.1 Å². The topological polar surface area (TPSA) is 102 Å². The Morgan fingerprint density at radius 1 is 1.26 bits per heavy atom. The van der Waals surface area contributed by atoms with Gasteiger partial charge in [-0.1, -0.05) is 30.3 Å². The summed E-state index contributed by atoms with van der Waals surface area (Å²) in [6.07, 6.45) is 2.23. The fraction of sp³-hybridized carbons (Fsp3) is 0.444. The van der Waals surface area contributed by atoms with Crippen molar-refractivity contribution >= 4 is 40.0 Å². The normalized spacial score (nSPS) is 16.6. The summed E-state index contributed by atoms with van der Waals surface area (Å²) in [5, 5.41) is 6.22. The number of aliphatic imine (C=N–C) groups is 1. The quantitative estimate of drug-likeness (QED) is 0.291. The van der Waals surface area contributed by atoms with Crippen molar-refractivity contribution < 1.29 is 21.6 Å². The van der Waals surface area contributed by atoms with E-state index in [1.165, 1.54) is 0 Å². The van der Waals surface area contributed by atoms with Gasteiger partial charge in [-0.05, 0) is 18.4 Å². The maximum Gasteiger partial charge on any atom is 0.511 e. The lowest BCUT2D eigenvalue weighted by Crippen LogP contribution is -2.51. The minimum atomic E-state index is -5.28. The molecule has 1 aliphatic rings. The lowest BCUT2D eigenvalue weighted by atomic mass is 10.1. The van der Waals surface area contributed by atoms with Gasteiger partial charge in [-0.25, -0.2) is 13.4 Å². The smallest absolute Gasteiger partial charge is 0.354 e. The molecule has 13 heteroatoms. The number of hydrogen-bond donors (Lipinski definition) is 3. The molecule has 3 N–H and O–H groups in total. The molecule has 31 heavy (non-hydrogen) atoms. The molecule has 1 saturated heterocycles. The van der Waals surface area contributed by atoms with E-state index < -0.39 is 15.5 Å². The number of aromatic amines is 1. The number of sulfonamides is 1. The molecule has 0 amide bonds. The van der Waals surface area contributed by atoms with Crippen LogP contribution in [0.1, 0.15) is 18.7 Å². The first kappa shape index (κ1) is 25.4. The van der Waals surface area contributed by atoms with E-state index in [1.807, 2.05) is 30.3 Å². The van der Waals surface area contributed by atoms with Crippen molar-refractivity contribution in [3.63, 3.8) is 0 Å². The van der Waals surface area contributed by atoms with E-state index in [4.69, 9.17) is 0 Å². The molecule has 0 radical (unpaired) electrons. The third kappa shape index (κ3) is 6.32. The second-order valence-electron chi connectivity index (χ2n) is 6.80. The number of aromatic nitrogens is 2. The minimum absolute atomic E-state index is 0. The first-order valence-electron chi connectivity index (χ1n) is 9.33. The lowest BCUT2D eigenvalue weighted by Gasteiger charge is -2.32. The van der Waals surface area contributed by atoms with Crippen LogP contribution in [-0.4, -0.2) is 60.3 Å². The third-order valence-corrected chi connectivity index (χ3v) is 6.42. The van der Waals surface area contributed by atoms with E-state index in [-0.39, 0.29) is 55.9 Å². The lowest BCUT2D eigenvalue weighted by molar-refractivity contribution is -0.0494. The van der Waals surface area contributed by atoms with Gasteiger partial charge in [0.15, 0.2) is 5.96 Å². The Bertz CT molecular complexity index is 974. The van der Waals surface area contributed by atoms with Crippen molar-refractivity contribution in [1.82, 2.24) is 24.9 Å². The van der Waals surface area contributed by atoms with Crippen LogP contribution in [-0.2, 0) is 16.6 Å². The molecule has 0 spiro atoms. The fourth-order valence-corrected chi connectivity index (χ4v) is 4.14. The summed E-state index contributed by atoms with van der Waals surface area (Å²) < 4.78 is 61.5. The molecule has 0 saturated carbocycles. The summed E-state index contributed by atoms with van der Waals surface area (Å²) in [5.74, 6) is 1.16. The van der Waals surface area contributed by atoms with E-state index in [9.17, 15) is 21.6 Å². The van der Waals surface area contributed by atoms with Crippen molar-refractivity contribution in [3.05, 3.63) is 42.4 Å². The largest absolute Gasteiger partial charge is 0.511 e. The molecule has 0 aliphatic carbocycles. The number of piperidine rings is 1. The number of rotatable bonds is 5. The first-order valence-corrected chi connectivity index (χ1v) is 10.8. The second-order valence-corrected chi connectivity index (χ2v) is 8.73. The van der Waals surface area contributed by atoms with Gasteiger partial charge in [0.05, 0.1) is 18.4 Å². The number of nitrogens with one attached hydrogen (secondary N) is 3. The van der Waals surface area contributed by atoms with Gasteiger partial charge in [-0.15, -0.1) is 24.0 Å². The van der Waals surface area contributed by atoms with Crippen LogP contribution in [0.4, 0.5) is 13.2 Å². The molecule has 0 bridgehead atoms. The van der Waals surface area contributed by atoms with E-state index in [2.05, 4.69) is 25.6 Å². The molecule has 1 aromatic heterocycles. The Labute approximate surface area is 195 Å². The number of halogens is 4. The van der Waals surface area contributed by atoms with Gasteiger partial charge < -0.3 is 15.6 Å². The summed E-state index contributed by atoms with van der Waals surface area (Å²) in [6.45, 7) is -0.0297. The highest BCUT2D eigenvalue weighted by molar-refractivity contribution is 14.0. The van der Waals surface area contributed by atoms with Crippen LogP contribution in [0, 0.1) is 0 Å². The van der Waals surface area contributed by atoms with Crippen LogP contribution in [0.2, 0.25) is 0 Å². The van der Waals surface area contributed by atoms with Gasteiger partial charge in [0.1, 0.15) is 5.82 Å². The van der Waals surface area contributed by atoms with Gasteiger partial charge >= 0.3 is 15.5 Å². The molecule has 172 valence electrons. The number of nitrogens with zero attached hydrogens (tertiary/aromatic N) is 3. The highest BCUT2D eigenvalue weighted by atomic mass is 127. The molecular weight excluding hydrogens is 548 g/mol. The van der Waals surface area contributed by atoms with Gasteiger partial charge in [0, 0.05) is 26.2 Å². The maximum absolute atomic E-state index is 12.7. The number of H-pyrrole nitrogens is 1. The Hall–Kier alpha value is -1.87. The molecular formula is C18H24F3IN6O2S. The summed E-state index contributed by atoms with van der Waals surface area (Å²) in [5.41, 5.74) is -3.38. The van der Waals surface area contributed by atoms with Crippen molar-refractivity contribution in [2.45, 2.75) is 30.9 Å². The van der Waals surface area contributed by atoms with E-state index in [0.29, 0.717) is 22.6 Å². The van der Waals surface area contributed by atoms with Crippen LogP contribution in [0.3, 0.4) is 0 Å². The summed E-state index contributed by atoms with van der Waals surface area (Å²) in [7, 11) is -3.70. The zero-order valence-electron chi connectivity index (χ0n) is 16.7. The molecule has 1 aromatic carbocycles. The summed E-state index contributed by atoms with van der Waals surface area (Å²) >= 11 is 0. The molecule has 2 heterocycles. The number of hydrogen-bond acceptors (Lipinski definition) is 4. The Balaban J connectivity index is 0.00000341. The van der Waals surface area contributed by atoms with Crippen LogP contribution < -0.4 is 10.6 Å². The Morgan fingerprint density at radius 3 is 2.48 bits per heavy atom. The molecule has 8 nitrogen and oxygen atoms in total. The number of guanidine groups is 1. The van der Waals surface area contributed by atoms with Crippen molar-refractivity contribution in [2.24, 2.45) is 4.99 Å². The molecule has 0 atom stereocenters. The molecule has 2 aromatic rings. The SMILES string of the molecule is CN=C(NCc1ncc(-c2ccccc2)[nH]1)NC1CCN(S(=O)(=O)C(F)(F)F)CC1.I. The van der Waals surface area contributed by atoms with Gasteiger partial charge in [-0.2, -0.15) is 17.5 Å². The van der Waals surface area contributed by atoms with Gasteiger partial charge in [-0.3, -0.25) is 4.99 Å². The second kappa shape index (κ2) is 10.6. The standard InChI is InChI=1S/C18H23F3N6O2S.HI/c1-22-17(24-12-16-23-11-15(26-16)13-5-3-2-4-6-13)25-14-7-9-27(10-8-14)30(28,29)18(19,20)21;/h2-6,11,14H,7-10,12H2,1H3,(H,23,26)(H2,22,24,25);1H. The van der Waals surface area contributed by atoms with Crippen LogP contribution >= 0.6 is 24.0 Å².